The van der Waals surface area contributed by atoms with E-state index < -0.39 is 23.1 Å². The van der Waals surface area contributed by atoms with Gasteiger partial charge < -0.3 is 4.74 Å². The molecule has 0 aromatic heterocycles. The van der Waals surface area contributed by atoms with Gasteiger partial charge in [-0.15, -0.1) is 0 Å². The number of ether oxygens (including phenoxy) is 1. The Hall–Kier alpha value is -2.67. The van der Waals surface area contributed by atoms with E-state index in [4.69, 9.17) is 15.3 Å². The van der Waals surface area contributed by atoms with Crippen LogP contribution in [0.1, 0.15) is 19.3 Å². The van der Waals surface area contributed by atoms with E-state index in [0.29, 0.717) is 12.5 Å². The average molecular weight is 290 g/mol. The van der Waals surface area contributed by atoms with Gasteiger partial charge in [0.05, 0.1) is 12.3 Å². The number of anilines is 1. The zero-order chi connectivity index (χ0) is 15.2. The minimum atomic E-state index is -0.859. The largest absolute Gasteiger partial charge is 0.487 e. The second kappa shape index (κ2) is 6.67. The van der Waals surface area contributed by atoms with Crippen molar-refractivity contribution in [2.45, 2.75) is 19.3 Å². The van der Waals surface area contributed by atoms with Gasteiger partial charge in [-0.25, -0.2) is 8.78 Å². The summed E-state index contributed by atoms with van der Waals surface area (Å²) in [5.41, 5.74) is 1.80. The number of nitriles is 2. The summed E-state index contributed by atoms with van der Waals surface area (Å²) in [6.45, 7) is 0.297. The van der Waals surface area contributed by atoms with Gasteiger partial charge in [0.1, 0.15) is 12.1 Å². The van der Waals surface area contributed by atoms with Gasteiger partial charge in [-0.2, -0.15) is 15.6 Å². The number of nitrogens with one attached hydrogen (secondary N) is 1. The molecule has 0 heterocycles. The lowest BCUT2D eigenvalue weighted by Crippen LogP contribution is -2.20. The van der Waals surface area contributed by atoms with Crippen LogP contribution >= 0.6 is 0 Å². The molecule has 1 saturated carbocycles. The highest BCUT2D eigenvalue weighted by Crippen LogP contribution is 2.30. The van der Waals surface area contributed by atoms with Crippen molar-refractivity contribution in [3.8, 4) is 17.9 Å². The SMILES string of the molecule is N#CC(C#N)=NNc1cc(F)c(OCC2CCC2)c(F)c1. The van der Waals surface area contributed by atoms with Crippen molar-refractivity contribution in [3.63, 3.8) is 0 Å². The average Bonchev–Trinajstić information content (AvgIpc) is 2.41. The van der Waals surface area contributed by atoms with E-state index in [1.165, 1.54) is 12.1 Å². The van der Waals surface area contributed by atoms with Gasteiger partial charge >= 0.3 is 0 Å². The molecule has 1 aliphatic rings. The third-order valence-electron chi connectivity index (χ3n) is 3.20. The fraction of sp³-hybridized carbons (Fsp3) is 0.357. The highest BCUT2D eigenvalue weighted by molar-refractivity contribution is 6.10. The summed E-state index contributed by atoms with van der Waals surface area (Å²) < 4.78 is 32.8. The second-order valence-corrected chi connectivity index (χ2v) is 4.67. The molecule has 1 aliphatic carbocycles. The zero-order valence-corrected chi connectivity index (χ0v) is 11.1. The number of halogens is 2. The minimum Gasteiger partial charge on any atom is -0.487 e. The van der Waals surface area contributed by atoms with Crippen LogP contribution in [0, 0.1) is 40.2 Å². The molecule has 0 saturated heterocycles. The van der Waals surface area contributed by atoms with Crippen LogP contribution < -0.4 is 10.2 Å². The first-order valence-electron chi connectivity index (χ1n) is 6.39. The van der Waals surface area contributed by atoms with Gasteiger partial charge in [-0.1, -0.05) is 6.42 Å². The van der Waals surface area contributed by atoms with Crippen LogP contribution in [0.5, 0.6) is 5.75 Å². The van der Waals surface area contributed by atoms with Crippen molar-refractivity contribution in [1.82, 2.24) is 0 Å². The second-order valence-electron chi connectivity index (χ2n) is 4.67. The fourth-order valence-electron chi connectivity index (χ4n) is 1.82. The number of benzene rings is 1. The van der Waals surface area contributed by atoms with Gasteiger partial charge in [-0.05, 0) is 18.8 Å². The molecule has 7 heteroatoms. The molecular weight excluding hydrogens is 278 g/mol. The van der Waals surface area contributed by atoms with Crippen molar-refractivity contribution in [3.05, 3.63) is 23.8 Å². The number of rotatable bonds is 5. The minimum absolute atomic E-state index is 0.0102. The third-order valence-corrected chi connectivity index (χ3v) is 3.20. The maximum atomic E-state index is 13.8. The molecule has 1 aromatic rings. The van der Waals surface area contributed by atoms with Gasteiger partial charge in [-0.3, -0.25) is 5.43 Å². The van der Waals surface area contributed by atoms with Crippen LogP contribution in [0.3, 0.4) is 0 Å². The van der Waals surface area contributed by atoms with E-state index in [-0.39, 0.29) is 5.69 Å². The van der Waals surface area contributed by atoms with E-state index in [1.54, 1.807) is 0 Å². The van der Waals surface area contributed by atoms with Crippen LogP contribution in [-0.4, -0.2) is 12.3 Å². The Morgan fingerprint density at radius 1 is 1.29 bits per heavy atom. The Labute approximate surface area is 120 Å². The summed E-state index contributed by atoms with van der Waals surface area (Å²) in [7, 11) is 0. The molecule has 2 rings (SSSR count). The van der Waals surface area contributed by atoms with E-state index in [9.17, 15) is 8.78 Å². The Morgan fingerprint density at radius 2 is 1.90 bits per heavy atom. The smallest absolute Gasteiger partial charge is 0.237 e. The van der Waals surface area contributed by atoms with Crippen molar-refractivity contribution in [2.24, 2.45) is 11.0 Å². The molecule has 1 fully saturated rings. The van der Waals surface area contributed by atoms with Crippen molar-refractivity contribution < 1.29 is 13.5 Å². The predicted molar refractivity (Wildman–Crippen MR) is 71.5 cm³/mol. The molecule has 1 N–H and O–H groups in total. The monoisotopic (exact) mass is 290 g/mol. The number of hydrazone groups is 1. The molecule has 0 amide bonds. The quantitative estimate of drug-likeness (QED) is 0.667. The van der Waals surface area contributed by atoms with Gasteiger partial charge in [0, 0.05) is 12.1 Å². The molecule has 21 heavy (non-hydrogen) atoms. The Bertz CT molecular complexity index is 602. The topological polar surface area (TPSA) is 81.2 Å². The first kappa shape index (κ1) is 14.7. The van der Waals surface area contributed by atoms with E-state index in [1.807, 2.05) is 0 Å². The summed E-state index contributed by atoms with van der Waals surface area (Å²) in [6.07, 6.45) is 3.16. The van der Waals surface area contributed by atoms with Crippen LogP contribution in [0.25, 0.3) is 0 Å². The lowest BCUT2D eigenvalue weighted by atomic mass is 9.86. The van der Waals surface area contributed by atoms with Gasteiger partial charge in [0.25, 0.3) is 0 Å². The first-order valence-corrected chi connectivity index (χ1v) is 6.39. The molecule has 0 spiro atoms. The highest BCUT2D eigenvalue weighted by Gasteiger charge is 2.20. The third kappa shape index (κ3) is 3.67. The number of hydrogen-bond acceptors (Lipinski definition) is 5. The van der Waals surface area contributed by atoms with Crippen LogP contribution in [0.4, 0.5) is 14.5 Å². The van der Waals surface area contributed by atoms with Crippen molar-refractivity contribution in [2.75, 3.05) is 12.0 Å². The zero-order valence-electron chi connectivity index (χ0n) is 11.1. The molecule has 5 nitrogen and oxygen atoms in total. The molecule has 0 unspecified atom stereocenters. The summed E-state index contributed by atoms with van der Waals surface area (Å²) in [6, 6.07) is 5.03. The van der Waals surface area contributed by atoms with Crippen molar-refractivity contribution >= 4 is 11.4 Å². The maximum absolute atomic E-state index is 13.8. The predicted octanol–water partition coefficient (Wildman–Crippen LogP) is 2.96. The molecular formula is C14H12F2N4O. The lowest BCUT2D eigenvalue weighted by molar-refractivity contribution is 0.170. The highest BCUT2D eigenvalue weighted by atomic mass is 19.1. The summed E-state index contributed by atoms with van der Waals surface area (Å²) in [5, 5.41) is 20.4. The first-order chi connectivity index (χ1) is 10.1. The summed E-state index contributed by atoms with van der Waals surface area (Å²) >= 11 is 0. The Morgan fingerprint density at radius 3 is 2.38 bits per heavy atom. The number of nitrogens with zero attached hydrogens (tertiary/aromatic N) is 3. The lowest BCUT2D eigenvalue weighted by Gasteiger charge is -2.25. The van der Waals surface area contributed by atoms with Crippen LogP contribution in [0.15, 0.2) is 17.2 Å². The molecule has 108 valence electrons. The summed E-state index contributed by atoms with van der Waals surface area (Å²) in [5.74, 6) is -1.78. The van der Waals surface area contributed by atoms with E-state index >= 15 is 0 Å². The van der Waals surface area contributed by atoms with Crippen molar-refractivity contribution in [1.29, 1.82) is 10.5 Å². The van der Waals surface area contributed by atoms with Crippen LogP contribution in [0.2, 0.25) is 0 Å². The van der Waals surface area contributed by atoms with E-state index in [0.717, 1.165) is 31.4 Å². The molecule has 0 radical (unpaired) electrons. The molecule has 0 bridgehead atoms. The van der Waals surface area contributed by atoms with Gasteiger partial charge in [0.15, 0.2) is 17.4 Å². The Kier molecular flexibility index (Phi) is 4.68. The Balaban J connectivity index is 2.07. The maximum Gasteiger partial charge on any atom is 0.237 e. The molecule has 1 aromatic carbocycles. The fourth-order valence-corrected chi connectivity index (χ4v) is 1.82. The number of hydrogen-bond donors (Lipinski definition) is 1. The van der Waals surface area contributed by atoms with Crippen LogP contribution in [-0.2, 0) is 0 Å². The molecule has 0 aliphatic heterocycles. The normalized spacial score (nSPS) is 13.5. The summed E-state index contributed by atoms with van der Waals surface area (Å²) in [4.78, 5) is 0. The van der Waals surface area contributed by atoms with Gasteiger partial charge in [0.2, 0.25) is 5.71 Å². The standard InChI is InChI=1S/C14H12F2N4O/c15-12-4-10(19-20-11(6-17)7-18)5-13(16)14(12)21-8-9-2-1-3-9/h4-5,9,19H,1-3,8H2. The molecule has 0 atom stereocenters. The van der Waals surface area contributed by atoms with E-state index in [2.05, 4.69) is 10.5 Å².